The van der Waals surface area contributed by atoms with Crippen LogP contribution in [0.15, 0.2) is 70.8 Å². The van der Waals surface area contributed by atoms with Crippen molar-refractivity contribution in [3.8, 4) is 0 Å². The van der Waals surface area contributed by atoms with Crippen LogP contribution in [0.3, 0.4) is 0 Å². The van der Waals surface area contributed by atoms with Gasteiger partial charge in [-0.1, -0.05) is 48.9 Å². The van der Waals surface area contributed by atoms with Gasteiger partial charge in [-0.05, 0) is 29.8 Å². The monoisotopic (exact) mass is 570 g/mol. The van der Waals surface area contributed by atoms with Crippen molar-refractivity contribution >= 4 is 53.3 Å². The van der Waals surface area contributed by atoms with Gasteiger partial charge in [0.2, 0.25) is 0 Å². The van der Waals surface area contributed by atoms with Crippen molar-refractivity contribution < 1.29 is 0 Å². The Hall–Kier alpha value is -1.78. The Morgan fingerprint density at radius 2 is 1.81 bits per heavy atom. The lowest BCUT2D eigenvalue weighted by Crippen LogP contribution is -2.40. The molecule has 6 nitrogen and oxygen atoms in total. The van der Waals surface area contributed by atoms with Gasteiger partial charge in [0, 0.05) is 41.7 Å². The molecule has 0 aliphatic carbocycles. The molecule has 3 rings (SSSR count). The average molecular weight is 571 g/mol. The molecule has 31 heavy (non-hydrogen) atoms. The van der Waals surface area contributed by atoms with Crippen LogP contribution >= 0.6 is 47.3 Å². The van der Waals surface area contributed by atoms with E-state index in [1.807, 2.05) is 42.5 Å². The smallest absolute Gasteiger partial charge is 0.191 e. The van der Waals surface area contributed by atoms with Gasteiger partial charge in [-0.3, -0.25) is 0 Å². The lowest BCUT2D eigenvalue weighted by atomic mass is 10.2. The van der Waals surface area contributed by atoms with Crippen molar-refractivity contribution in [2.45, 2.75) is 31.3 Å². The third kappa shape index (κ3) is 9.08. The summed E-state index contributed by atoms with van der Waals surface area (Å²) in [6, 6.07) is 18.2. The zero-order valence-electron chi connectivity index (χ0n) is 17.5. The minimum absolute atomic E-state index is 0. The number of hydrogen-bond donors (Lipinski definition) is 2. The molecule has 0 spiro atoms. The highest BCUT2D eigenvalue weighted by Crippen LogP contribution is 2.19. The Kier molecular flexibility index (Phi) is 11.8. The van der Waals surface area contributed by atoms with Crippen LogP contribution in [0.2, 0.25) is 5.02 Å². The first-order valence-corrected chi connectivity index (χ1v) is 11.4. The molecule has 0 unspecified atom stereocenters. The molecule has 1 aromatic heterocycles. The minimum Gasteiger partial charge on any atom is -0.356 e. The molecule has 0 radical (unpaired) electrons. The Morgan fingerprint density at radius 3 is 2.55 bits per heavy atom. The highest BCUT2D eigenvalue weighted by Gasteiger charge is 2.03. The summed E-state index contributed by atoms with van der Waals surface area (Å²) in [4.78, 5) is 5.94. The van der Waals surface area contributed by atoms with Gasteiger partial charge in [-0.15, -0.1) is 45.9 Å². The third-order valence-electron chi connectivity index (χ3n) is 4.40. The number of hydrogen-bond acceptors (Lipinski definition) is 4. The summed E-state index contributed by atoms with van der Waals surface area (Å²) in [7, 11) is 0. The van der Waals surface area contributed by atoms with E-state index in [2.05, 4.69) is 44.5 Å². The van der Waals surface area contributed by atoms with Crippen molar-refractivity contribution in [1.82, 2.24) is 25.4 Å². The molecular weight excluding hydrogens is 543 g/mol. The number of nitrogens with zero attached hydrogens (tertiary/aromatic N) is 4. The van der Waals surface area contributed by atoms with E-state index >= 15 is 0 Å². The normalized spacial score (nSPS) is 11.1. The highest BCUT2D eigenvalue weighted by molar-refractivity contribution is 14.0. The van der Waals surface area contributed by atoms with Gasteiger partial charge in [-0.2, -0.15) is 0 Å². The van der Waals surface area contributed by atoms with E-state index in [1.54, 1.807) is 18.1 Å². The molecular formula is C22H28ClIN6S. The molecule has 0 saturated heterocycles. The number of aromatic nitrogens is 3. The molecule has 0 bridgehead atoms. The van der Waals surface area contributed by atoms with E-state index in [9.17, 15) is 0 Å². The maximum absolute atomic E-state index is 5.95. The van der Waals surface area contributed by atoms with Crippen LogP contribution in [0, 0.1) is 0 Å². The summed E-state index contributed by atoms with van der Waals surface area (Å²) in [5, 5.41) is 15.7. The highest BCUT2D eigenvalue weighted by atomic mass is 127. The van der Waals surface area contributed by atoms with Crippen molar-refractivity contribution in [2.75, 3.05) is 18.8 Å². The van der Waals surface area contributed by atoms with Gasteiger partial charge < -0.3 is 15.2 Å². The van der Waals surface area contributed by atoms with Crippen molar-refractivity contribution in [3.05, 3.63) is 77.3 Å². The molecule has 9 heteroatoms. The van der Waals surface area contributed by atoms with Gasteiger partial charge in [0.15, 0.2) is 5.96 Å². The lowest BCUT2D eigenvalue weighted by Gasteiger charge is -2.13. The minimum atomic E-state index is 0. The Balaban J connectivity index is 0.00000341. The Labute approximate surface area is 210 Å². The maximum Gasteiger partial charge on any atom is 0.191 e. The standard InChI is InChI=1S/C22H27ClN6S.HI/c1-2-21-28-27-17-29(21)14-12-24-22(26-16-18-6-4-3-5-7-18)25-13-15-30-20-10-8-19(23)9-11-20;/h3-11,17H,2,12-16H2,1H3,(H2,24,25,26);1H. The number of thioether (sulfide) groups is 1. The second-order valence-electron chi connectivity index (χ2n) is 6.60. The average Bonchev–Trinajstić information content (AvgIpc) is 3.24. The second-order valence-corrected chi connectivity index (χ2v) is 8.21. The summed E-state index contributed by atoms with van der Waals surface area (Å²) in [5.74, 6) is 2.73. The van der Waals surface area contributed by atoms with Crippen LogP contribution in [0.1, 0.15) is 18.3 Å². The van der Waals surface area contributed by atoms with Gasteiger partial charge in [0.1, 0.15) is 12.2 Å². The molecule has 0 saturated carbocycles. The fourth-order valence-corrected chi connectivity index (χ4v) is 3.73. The lowest BCUT2D eigenvalue weighted by molar-refractivity contribution is 0.633. The number of aryl methyl sites for hydroxylation is 1. The summed E-state index contributed by atoms with van der Waals surface area (Å²) in [6.07, 6.45) is 2.65. The molecule has 166 valence electrons. The predicted octanol–water partition coefficient (Wildman–Crippen LogP) is 4.64. The molecule has 0 aliphatic rings. The van der Waals surface area contributed by atoms with E-state index in [-0.39, 0.29) is 24.0 Å². The first kappa shape index (κ1) is 25.5. The second kappa shape index (κ2) is 14.3. The topological polar surface area (TPSA) is 67.1 Å². The first-order chi connectivity index (χ1) is 14.7. The largest absolute Gasteiger partial charge is 0.356 e. The number of guanidine groups is 1. The fourth-order valence-electron chi connectivity index (χ4n) is 2.83. The summed E-state index contributed by atoms with van der Waals surface area (Å²) in [6.45, 7) is 5.06. The van der Waals surface area contributed by atoms with Gasteiger partial charge in [-0.25, -0.2) is 4.99 Å². The molecule has 2 N–H and O–H groups in total. The van der Waals surface area contributed by atoms with Crippen LogP contribution in [0.25, 0.3) is 0 Å². The predicted molar refractivity (Wildman–Crippen MR) is 141 cm³/mol. The first-order valence-electron chi connectivity index (χ1n) is 10.1. The van der Waals surface area contributed by atoms with Crippen LogP contribution in [-0.4, -0.2) is 39.6 Å². The number of benzene rings is 2. The third-order valence-corrected chi connectivity index (χ3v) is 5.66. The number of halogens is 2. The van der Waals surface area contributed by atoms with E-state index < -0.39 is 0 Å². The van der Waals surface area contributed by atoms with Gasteiger partial charge in [0.25, 0.3) is 0 Å². The molecule has 2 aromatic carbocycles. The maximum atomic E-state index is 5.95. The Morgan fingerprint density at radius 1 is 1.06 bits per heavy atom. The van der Waals surface area contributed by atoms with E-state index in [4.69, 9.17) is 16.6 Å². The van der Waals surface area contributed by atoms with Crippen molar-refractivity contribution in [1.29, 1.82) is 0 Å². The van der Waals surface area contributed by atoms with Crippen molar-refractivity contribution in [2.24, 2.45) is 4.99 Å². The van der Waals surface area contributed by atoms with E-state index in [0.29, 0.717) is 6.54 Å². The molecule has 0 atom stereocenters. The molecule has 0 aliphatic heterocycles. The molecule has 0 amide bonds. The van der Waals surface area contributed by atoms with Crippen LogP contribution in [-0.2, 0) is 19.5 Å². The van der Waals surface area contributed by atoms with Crippen molar-refractivity contribution in [3.63, 3.8) is 0 Å². The van der Waals surface area contributed by atoms with E-state index in [1.165, 1.54) is 10.5 Å². The van der Waals surface area contributed by atoms with Gasteiger partial charge in [0.05, 0.1) is 6.54 Å². The molecule has 1 heterocycles. The zero-order chi connectivity index (χ0) is 21.0. The number of aliphatic imine (C=N–C) groups is 1. The van der Waals surface area contributed by atoms with E-state index in [0.717, 1.165) is 48.6 Å². The van der Waals surface area contributed by atoms with Gasteiger partial charge >= 0.3 is 0 Å². The summed E-state index contributed by atoms with van der Waals surface area (Å²) >= 11 is 7.74. The van der Waals surface area contributed by atoms with Crippen LogP contribution in [0.4, 0.5) is 0 Å². The summed E-state index contributed by atoms with van der Waals surface area (Å²) < 4.78 is 2.07. The fraction of sp³-hybridized carbons (Fsp3) is 0.318. The van der Waals surface area contributed by atoms with Crippen LogP contribution < -0.4 is 10.6 Å². The Bertz CT molecular complexity index is 917. The molecule has 3 aromatic rings. The summed E-state index contributed by atoms with van der Waals surface area (Å²) in [5.41, 5.74) is 1.18. The molecule has 0 fully saturated rings. The quantitative estimate of drug-likeness (QED) is 0.122. The SMILES string of the molecule is CCc1nncn1CCNC(=NCc1ccccc1)NCCSc1ccc(Cl)cc1.I. The number of nitrogens with one attached hydrogen (secondary N) is 2. The van der Waals surface area contributed by atoms with Crippen LogP contribution in [0.5, 0.6) is 0 Å². The zero-order valence-corrected chi connectivity index (χ0v) is 21.4. The number of rotatable bonds is 10.